The summed E-state index contributed by atoms with van der Waals surface area (Å²) < 4.78 is 26.0. The van der Waals surface area contributed by atoms with E-state index in [1.54, 1.807) is 4.90 Å². The van der Waals surface area contributed by atoms with Gasteiger partial charge >= 0.3 is 6.55 Å². The molecule has 1 spiro atoms. The standard InChI is InChI=1S/C21H27F2N5O2.CH2O2/c1-14-9-16(10-15(2)24-14)26-7-4-21(5-8-26)11-17(29)12-27(13-21)19(30)18-3-6-28(25-18)20(22)23;2-1-3/h3,6,9-10,17,20,29H,4-5,7-8,11-13H2,1-2H3;1H,(H,2,3). The average molecular weight is 466 g/mol. The number of aliphatic hydroxyl groups excluding tert-OH is 1. The van der Waals surface area contributed by atoms with Crippen molar-refractivity contribution in [1.29, 1.82) is 0 Å². The molecule has 180 valence electrons. The second kappa shape index (κ2) is 10.2. The molecular formula is C22H29F2N5O4. The summed E-state index contributed by atoms with van der Waals surface area (Å²) in [5, 5.41) is 21.1. The molecule has 4 rings (SSSR count). The van der Waals surface area contributed by atoms with Crippen LogP contribution in [0.3, 0.4) is 0 Å². The summed E-state index contributed by atoms with van der Waals surface area (Å²) in [5.41, 5.74) is 2.93. The van der Waals surface area contributed by atoms with Crippen LogP contribution in [0, 0.1) is 19.3 Å². The van der Waals surface area contributed by atoms with Crippen LogP contribution in [0.1, 0.15) is 47.7 Å². The van der Waals surface area contributed by atoms with Crippen molar-refractivity contribution >= 4 is 18.1 Å². The maximum Gasteiger partial charge on any atom is 0.333 e. The van der Waals surface area contributed by atoms with Gasteiger partial charge in [0, 0.05) is 49.5 Å². The number of pyridine rings is 1. The molecule has 2 saturated heterocycles. The Labute approximate surface area is 190 Å². The topological polar surface area (TPSA) is 112 Å². The Kier molecular flexibility index (Phi) is 7.62. The van der Waals surface area contributed by atoms with Crippen LogP contribution in [-0.4, -0.2) is 74.5 Å². The molecule has 0 bridgehead atoms. The first-order valence-electron chi connectivity index (χ1n) is 10.7. The maximum atomic E-state index is 12.8. The number of aromatic nitrogens is 3. The molecule has 1 amide bonds. The van der Waals surface area contributed by atoms with Gasteiger partial charge in [0.25, 0.3) is 12.4 Å². The van der Waals surface area contributed by atoms with Crippen LogP contribution in [0.4, 0.5) is 14.5 Å². The number of nitrogens with zero attached hydrogens (tertiary/aromatic N) is 5. The third-order valence-corrected chi connectivity index (χ3v) is 6.20. The minimum Gasteiger partial charge on any atom is -0.483 e. The molecule has 4 heterocycles. The van der Waals surface area contributed by atoms with Crippen LogP contribution in [0.25, 0.3) is 0 Å². The molecule has 0 aliphatic carbocycles. The highest BCUT2D eigenvalue weighted by molar-refractivity contribution is 5.92. The quantitative estimate of drug-likeness (QED) is 0.670. The molecule has 0 radical (unpaired) electrons. The zero-order valence-corrected chi connectivity index (χ0v) is 18.7. The van der Waals surface area contributed by atoms with E-state index in [0.29, 0.717) is 17.6 Å². The van der Waals surface area contributed by atoms with Gasteiger partial charge in [0.05, 0.1) is 6.10 Å². The van der Waals surface area contributed by atoms with E-state index >= 15 is 0 Å². The first kappa shape index (κ1) is 24.6. The molecule has 33 heavy (non-hydrogen) atoms. The lowest BCUT2D eigenvalue weighted by molar-refractivity contribution is -0.122. The molecule has 1 atom stereocenters. The van der Waals surface area contributed by atoms with Gasteiger partial charge in [-0.05, 0) is 56.7 Å². The largest absolute Gasteiger partial charge is 0.483 e. The van der Waals surface area contributed by atoms with E-state index in [-0.39, 0.29) is 24.1 Å². The molecule has 2 fully saturated rings. The number of likely N-dealkylation sites (tertiary alicyclic amines) is 1. The van der Waals surface area contributed by atoms with Gasteiger partial charge < -0.3 is 20.0 Å². The average Bonchev–Trinajstić information content (AvgIpc) is 3.24. The minimum atomic E-state index is -2.78. The molecule has 2 N–H and O–H groups in total. The van der Waals surface area contributed by atoms with Crippen LogP contribution >= 0.6 is 0 Å². The Morgan fingerprint density at radius 1 is 1.24 bits per heavy atom. The van der Waals surface area contributed by atoms with Crippen LogP contribution in [0.2, 0.25) is 0 Å². The number of β-amino-alcohol motifs (C(OH)–C–C–N with tert-alkyl or cyclic N) is 1. The summed E-state index contributed by atoms with van der Waals surface area (Å²) in [7, 11) is 0. The van der Waals surface area contributed by atoms with Gasteiger partial charge in [0.1, 0.15) is 0 Å². The summed E-state index contributed by atoms with van der Waals surface area (Å²) in [6.45, 7) is 3.31. The molecule has 0 saturated carbocycles. The molecule has 0 aromatic carbocycles. The molecule has 2 aromatic rings. The number of alkyl halides is 2. The number of carbonyl (C=O) groups excluding carboxylic acids is 1. The van der Waals surface area contributed by atoms with Crippen molar-refractivity contribution in [3.8, 4) is 0 Å². The highest BCUT2D eigenvalue weighted by Gasteiger charge is 2.43. The number of halogens is 2. The van der Waals surface area contributed by atoms with Gasteiger partial charge in [-0.3, -0.25) is 14.6 Å². The zero-order valence-electron chi connectivity index (χ0n) is 18.7. The lowest BCUT2D eigenvalue weighted by Crippen LogP contribution is -2.55. The maximum absolute atomic E-state index is 12.8. The Morgan fingerprint density at radius 3 is 2.39 bits per heavy atom. The summed E-state index contributed by atoms with van der Waals surface area (Å²) in [6.07, 6.45) is 2.81. The van der Waals surface area contributed by atoms with E-state index in [0.717, 1.165) is 49.2 Å². The number of hydrogen-bond acceptors (Lipinski definition) is 6. The van der Waals surface area contributed by atoms with E-state index in [4.69, 9.17) is 9.90 Å². The Balaban J connectivity index is 0.000000968. The second-order valence-corrected chi connectivity index (χ2v) is 8.70. The number of hydrogen-bond donors (Lipinski definition) is 2. The molecule has 9 nitrogen and oxygen atoms in total. The van der Waals surface area contributed by atoms with Crippen molar-refractivity contribution in [1.82, 2.24) is 19.7 Å². The third kappa shape index (κ3) is 5.84. The van der Waals surface area contributed by atoms with Crippen LogP contribution in [0.15, 0.2) is 24.4 Å². The van der Waals surface area contributed by atoms with Crippen LogP contribution < -0.4 is 4.90 Å². The number of amides is 1. The number of carboxylic acid groups (broad SMARTS) is 1. The van der Waals surface area contributed by atoms with E-state index in [1.165, 1.54) is 6.07 Å². The van der Waals surface area contributed by atoms with Gasteiger partial charge in [-0.15, -0.1) is 0 Å². The van der Waals surface area contributed by atoms with Gasteiger partial charge in [0.15, 0.2) is 5.69 Å². The number of piperidine rings is 2. The van der Waals surface area contributed by atoms with Gasteiger partial charge in [-0.2, -0.15) is 13.9 Å². The summed E-state index contributed by atoms with van der Waals surface area (Å²) in [5.74, 6) is -0.407. The van der Waals surface area contributed by atoms with Crippen molar-refractivity contribution in [2.75, 3.05) is 31.1 Å². The van der Waals surface area contributed by atoms with Crippen molar-refractivity contribution in [2.45, 2.75) is 45.8 Å². The van der Waals surface area contributed by atoms with E-state index in [2.05, 4.69) is 27.1 Å². The Bertz CT molecular complexity index is 955. The van der Waals surface area contributed by atoms with Crippen molar-refractivity contribution in [3.05, 3.63) is 41.5 Å². The van der Waals surface area contributed by atoms with Gasteiger partial charge in [0.2, 0.25) is 0 Å². The van der Waals surface area contributed by atoms with Crippen molar-refractivity contribution in [2.24, 2.45) is 5.41 Å². The molecule has 2 aliphatic rings. The predicted molar refractivity (Wildman–Crippen MR) is 116 cm³/mol. The smallest absolute Gasteiger partial charge is 0.333 e. The lowest BCUT2D eigenvalue weighted by Gasteiger charge is -2.49. The minimum absolute atomic E-state index is 0.0141. The normalized spacial score (nSPS) is 19.9. The first-order valence-corrected chi connectivity index (χ1v) is 10.7. The highest BCUT2D eigenvalue weighted by Crippen LogP contribution is 2.41. The third-order valence-electron chi connectivity index (χ3n) is 6.20. The van der Waals surface area contributed by atoms with Crippen LogP contribution in [0.5, 0.6) is 0 Å². The summed E-state index contributed by atoms with van der Waals surface area (Å²) in [4.78, 5) is 29.5. The van der Waals surface area contributed by atoms with E-state index in [1.807, 2.05) is 13.8 Å². The number of aryl methyl sites for hydroxylation is 2. The fourth-order valence-electron chi connectivity index (χ4n) is 4.83. The number of rotatable bonds is 3. The molecule has 2 aliphatic heterocycles. The SMILES string of the molecule is Cc1cc(N2CCC3(CC2)CC(O)CN(C(=O)c2ccn(C(F)F)n2)C3)cc(C)n1.O=CO. The molecule has 11 heteroatoms. The fraction of sp³-hybridized carbons (Fsp3) is 0.545. The molecule has 2 aromatic heterocycles. The van der Waals surface area contributed by atoms with Gasteiger partial charge in [-0.25, -0.2) is 4.68 Å². The fourth-order valence-corrected chi connectivity index (χ4v) is 4.83. The molecule has 1 unspecified atom stereocenters. The van der Waals surface area contributed by atoms with Crippen molar-refractivity contribution in [3.63, 3.8) is 0 Å². The highest BCUT2D eigenvalue weighted by atomic mass is 19.3. The summed E-state index contributed by atoms with van der Waals surface area (Å²) in [6, 6.07) is 5.46. The number of carbonyl (C=O) groups is 2. The number of anilines is 1. The lowest BCUT2D eigenvalue weighted by atomic mass is 9.71. The monoisotopic (exact) mass is 465 g/mol. The number of aliphatic hydroxyl groups is 1. The van der Waals surface area contributed by atoms with E-state index in [9.17, 15) is 18.7 Å². The first-order chi connectivity index (χ1) is 15.7. The predicted octanol–water partition coefficient (Wildman–Crippen LogP) is 2.48. The van der Waals surface area contributed by atoms with Crippen LogP contribution in [-0.2, 0) is 4.79 Å². The zero-order chi connectivity index (χ0) is 24.2. The summed E-state index contributed by atoms with van der Waals surface area (Å²) >= 11 is 0. The van der Waals surface area contributed by atoms with E-state index < -0.39 is 18.6 Å². The van der Waals surface area contributed by atoms with Crippen molar-refractivity contribution < 1.29 is 28.6 Å². The Hall–Kier alpha value is -3.08. The van der Waals surface area contributed by atoms with Gasteiger partial charge in [-0.1, -0.05) is 0 Å². The second-order valence-electron chi connectivity index (χ2n) is 8.70. The Morgan fingerprint density at radius 2 is 1.85 bits per heavy atom. The molecular weight excluding hydrogens is 436 g/mol.